The van der Waals surface area contributed by atoms with Crippen molar-refractivity contribution in [3.8, 4) is 11.3 Å². The number of rotatable bonds is 2. The van der Waals surface area contributed by atoms with E-state index < -0.39 is 4.92 Å². The van der Waals surface area contributed by atoms with E-state index in [9.17, 15) is 10.1 Å². The molecule has 0 saturated carbocycles. The number of nitrogens with two attached hydrogens (primary N) is 1. The van der Waals surface area contributed by atoms with Crippen LogP contribution in [-0.2, 0) is 0 Å². The van der Waals surface area contributed by atoms with Crippen LogP contribution in [0.15, 0.2) is 34.2 Å². The summed E-state index contributed by atoms with van der Waals surface area (Å²) < 4.78 is 2.62. The first-order valence-electron chi connectivity index (χ1n) is 5.22. The van der Waals surface area contributed by atoms with E-state index in [1.165, 1.54) is 6.07 Å². The summed E-state index contributed by atoms with van der Waals surface area (Å²) in [5.41, 5.74) is 7.96. The zero-order chi connectivity index (χ0) is 13.6. The molecule has 0 bridgehead atoms. The molecule has 0 fully saturated rings. The van der Waals surface area contributed by atoms with E-state index in [1.54, 1.807) is 9.78 Å². The van der Waals surface area contributed by atoms with Crippen LogP contribution in [-0.4, -0.2) is 14.3 Å². The topological polar surface area (TPSA) is 86.5 Å². The Labute approximate surface area is 119 Å². The zero-order valence-electron chi connectivity index (χ0n) is 9.41. The van der Waals surface area contributed by atoms with Crippen LogP contribution in [0.4, 0.5) is 10.8 Å². The Morgan fingerprint density at radius 3 is 2.95 bits per heavy atom. The standard InChI is InChI=1S/C11H7BrN4O2S/c12-7-1-2-8-14-10(11(13)15(8)4-7)6-3-9(16(17)18)19-5-6/h1-5H,13H2. The highest BCUT2D eigenvalue weighted by molar-refractivity contribution is 9.10. The van der Waals surface area contributed by atoms with Crippen molar-refractivity contribution < 1.29 is 4.92 Å². The van der Waals surface area contributed by atoms with Crippen molar-refractivity contribution in [2.75, 3.05) is 5.73 Å². The zero-order valence-corrected chi connectivity index (χ0v) is 11.8. The molecule has 0 radical (unpaired) electrons. The normalized spacial score (nSPS) is 11.0. The van der Waals surface area contributed by atoms with Gasteiger partial charge in [-0.25, -0.2) is 4.98 Å². The molecule has 2 N–H and O–H groups in total. The minimum absolute atomic E-state index is 0.0765. The molecule has 3 rings (SSSR count). The summed E-state index contributed by atoms with van der Waals surface area (Å²) in [6.07, 6.45) is 1.81. The number of pyridine rings is 1. The molecule has 0 amide bonds. The van der Waals surface area contributed by atoms with Crippen molar-refractivity contribution >= 4 is 43.7 Å². The first-order valence-corrected chi connectivity index (χ1v) is 6.90. The predicted octanol–water partition coefficient (Wildman–Crippen LogP) is 3.32. The van der Waals surface area contributed by atoms with Crippen molar-refractivity contribution in [2.24, 2.45) is 0 Å². The highest BCUT2D eigenvalue weighted by atomic mass is 79.9. The van der Waals surface area contributed by atoms with Gasteiger partial charge in [-0.1, -0.05) is 11.3 Å². The van der Waals surface area contributed by atoms with Gasteiger partial charge in [0.25, 0.3) is 0 Å². The predicted molar refractivity (Wildman–Crippen MR) is 77.3 cm³/mol. The highest BCUT2D eigenvalue weighted by Gasteiger charge is 2.16. The molecule has 0 spiro atoms. The molecule has 0 aromatic carbocycles. The van der Waals surface area contributed by atoms with Gasteiger partial charge in [-0.05, 0) is 28.1 Å². The Morgan fingerprint density at radius 1 is 1.47 bits per heavy atom. The Morgan fingerprint density at radius 2 is 2.26 bits per heavy atom. The van der Waals surface area contributed by atoms with Crippen LogP contribution in [0.2, 0.25) is 0 Å². The number of halogens is 1. The van der Waals surface area contributed by atoms with Gasteiger partial charge in [0, 0.05) is 27.7 Å². The molecule has 0 aliphatic carbocycles. The van der Waals surface area contributed by atoms with Gasteiger partial charge in [0.15, 0.2) is 0 Å². The third-order valence-electron chi connectivity index (χ3n) is 2.66. The average molecular weight is 339 g/mol. The van der Waals surface area contributed by atoms with E-state index in [1.807, 2.05) is 18.3 Å². The maximum absolute atomic E-state index is 10.7. The highest BCUT2D eigenvalue weighted by Crippen LogP contribution is 2.33. The Kier molecular flexibility index (Phi) is 2.76. The van der Waals surface area contributed by atoms with Crippen LogP contribution in [0.5, 0.6) is 0 Å². The van der Waals surface area contributed by atoms with Crippen LogP contribution in [0.3, 0.4) is 0 Å². The number of nitro groups is 1. The van der Waals surface area contributed by atoms with Crippen molar-refractivity contribution in [2.45, 2.75) is 0 Å². The van der Waals surface area contributed by atoms with Crippen LogP contribution >= 0.6 is 27.3 Å². The lowest BCUT2D eigenvalue weighted by Gasteiger charge is -1.97. The second-order valence-corrected chi connectivity index (χ2v) is 5.66. The smallest absolute Gasteiger partial charge is 0.324 e. The van der Waals surface area contributed by atoms with Crippen LogP contribution < -0.4 is 5.73 Å². The van der Waals surface area contributed by atoms with E-state index in [4.69, 9.17) is 5.73 Å². The second-order valence-electron chi connectivity index (χ2n) is 3.85. The molecular weight excluding hydrogens is 332 g/mol. The average Bonchev–Trinajstić information content (AvgIpc) is 2.95. The van der Waals surface area contributed by atoms with Gasteiger partial charge < -0.3 is 5.73 Å². The molecule has 19 heavy (non-hydrogen) atoms. The number of hydrogen-bond donors (Lipinski definition) is 1. The lowest BCUT2D eigenvalue weighted by atomic mass is 10.2. The van der Waals surface area contributed by atoms with Crippen LogP contribution in [0.25, 0.3) is 16.9 Å². The summed E-state index contributed by atoms with van der Waals surface area (Å²) in [6, 6.07) is 5.17. The molecule has 0 saturated heterocycles. The van der Waals surface area contributed by atoms with E-state index in [-0.39, 0.29) is 5.00 Å². The number of anilines is 1. The molecule has 96 valence electrons. The van der Waals surface area contributed by atoms with E-state index >= 15 is 0 Å². The number of fused-ring (bicyclic) bond motifs is 1. The number of imidazole rings is 1. The lowest BCUT2D eigenvalue weighted by Crippen LogP contribution is -1.93. The fourth-order valence-corrected chi connectivity index (χ4v) is 2.84. The molecule has 6 nitrogen and oxygen atoms in total. The number of aromatic nitrogens is 2. The van der Waals surface area contributed by atoms with Gasteiger partial charge in [-0.2, -0.15) is 0 Å². The Balaban J connectivity index is 2.19. The molecule has 0 aliphatic heterocycles. The second kappa shape index (κ2) is 4.32. The summed E-state index contributed by atoms with van der Waals surface area (Å²) in [5.74, 6) is 0.462. The van der Waals surface area contributed by atoms with Gasteiger partial charge >= 0.3 is 5.00 Å². The molecule has 3 heterocycles. The molecule has 0 atom stereocenters. The maximum Gasteiger partial charge on any atom is 0.324 e. The van der Waals surface area contributed by atoms with Crippen molar-refractivity contribution in [3.63, 3.8) is 0 Å². The summed E-state index contributed by atoms with van der Waals surface area (Å²) in [6.45, 7) is 0. The number of thiophene rings is 1. The molecule has 0 unspecified atom stereocenters. The van der Waals surface area contributed by atoms with Gasteiger partial charge in [0.1, 0.15) is 17.2 Å². The maximum atomic E-state index is 10.7. The van der Waals surface area contributed by atoms with Crippen molar-refractivity contribution in [1.29, 1.82) is 0 Å². The van der Waals surface area contributed by atoms with Gasteiger partial charge in [-0.15, -0.1) is 0 Å². The summed E-state index contributed by atoms with van der Waals surface area (Å²) in [5, 5.41) is 12.5. The fourth-order valence-electron chi connectivity index (χ4n) is 1.79. The molecule has 8 heteroatoms. The minimum atomic E-state index is -0.420. The number of nitrogens with zero attached hydrogens (tertiary/aromatic N) is 3. The minimum Gasteiger partial charge on any atom is -0.383 e. The quantitative estimate of drug-likeness (QED) is 0.573. The fraction of sp³-hybridized carbons (Fsp3) is 0. The molecular formula is C11H7BrN4O2S. The number of hydrogen-bond acceptors (Lipinski definition) is 5. The summed E-state index contributed by atoms with van der Waals surface area (Å²) in [4.78, 5) is 14.7. The van der Waals surface area contributed by atoms with E-state index in [0.29, 0.717) is 22.7 Å². The van der Waals surface area contributed by atoms with Crippen LogP contribution in [0.1, 0.15) is 0 Å². The first-order chi connectivity index (χ1) is 9.06. The largest absolute Gasteiger partial charge is 0.383 e. The third-order valence-corrected chi connectivity index (χ3v) is 4.01. The summed E-state index contributed by atoms with van der Waals surface area (Å²) in [7, 11) is 0. The lowest BCUT2D eigenvalue weighted by molar-refractivity contribution is -0.380. The van der Waals surface area contributed by atoms with Gasteiger partial charge in [0.05, 0.1) is 4.92 Å². The van der Waals surface area contributed by atoms with E-state index in [2.05, 4.69) is 20.9 Å². The molecule has 0 aliphatic rings. The molecule has 3 aromatic rings. The Hall–Kier alpha value is -1.93. The van der Waals surface area contributed by atoms with Gasteiger partial charge in [-0.3, -0.25) is 14.5 Å². The Bertz CT molecular complexity index is 795. The van der Waals surface area contributed by atoms with Gasteiger partial charge in [0.2, 0.25) is 0 Å². The molecule has 3 aromatic heterocycles. The van der Waals surface area contributed by atoms with Crippen LogP contribution in [0, 0.1) is 10.1 Å². The monoisotopic (exact) mass is 338 g/mol. The van der Waals surface area contributed by atoms with Crippen molar-refractivity contribution in [3.05, 3.63) is 44.4 Å². The van der Waals surface area contributed by atoms with E-state index in [0.717, 1.165) is 15.8 Å². The number of nitrogen functional groups attached to an aromatic ring is 1. The summed E-state index contributed by atoms with van der Waals surface area (Å²) >= 11 is 4.42. The first kappa shape index (κ1) is 12.1. The third kappa shape index (κ3) is 1.98. The SMILES string of the molecule is Nc1c(-c2csc([N+](=O)[O-])c2)nc2ccc(Br)cn12. The van der Waals surface area contributed by atoms with Crippen molar-refractivity contribution in [1.82, 2.24) is 9.38 Å².